The van der Waals surface area contributed by atoms with Gasteiger partial charge in [0.15, 0.2) is 18.2 Å². The van der Waals surface area contributed by atoms with Crippen LogP contribution in [0.1, 0.15) is 0 Å². The quantitative estimate of drug-likeness (QED) is 0.767. The molecule has 1 aromatic carbocycles. The Morgan fingerprint density at radius 1 is 1.12 bits per heavy atom. The van der Waals surface area contributed by atoms with Crippen molar-refractivity contribution in [3.05, 3.63) is 36.4 Å². The summed E-state index contributed by atoms with van der Waals surface area (Å²) in [6, 6.07) is 3.27. The first-order valence-electron chi connectivity index (χ1n) is 6.74. The smallest absolute Gasteiger partial charge is 0.456 e. The Morgan fingerprint density at radius 2 is 1.80 bits per heavy atom. The minimum Gasteiger partial charge on any atom is -0.484 e. The van der Waals surface area contributed by atoms with Crippen LogP contribution >= 0.6 is 12.4 Å². The predicted octanol–water partition coefficient (Wildman–Crippen LogP) is 3.65. The highest BCUT2D eigenvalue weighted by atomic mass is 35.5. The second kappa shape index (κ2) is 7.96. The first kappa shape index (κ1) is 21.1. The third-order valence-corrected chi connectivity index (χ3v) is 3.08. The van der Waals surface area contributed by atoms with Crippen LogP contribution in [0.4, 0.5) is 26.3 Å². The molecule has 0 amide bonds. The minimum atomic E-state index is -5.76. The maximum Gasteiger partial charge on any atom is 0.456 e. The molecule has 0 bridgehead atoms. The lowest BCUT2D eigenvalue weighted by Gasteiger charge is -2.20. The standard InChI is InChI=1S/C14H13F6N3O.ClH/c15-11-5-9(10-6-22-23(7-10)4-3-21)1-2-12(11)24-8-13(16,17)14(18,19)20;/h1-2,5-7H,3-4,8,21H2;1H. The average Bonchev–Trinajstić information content (AvgIpc) is 2.94. The molecule has 0 unspecified atom stereocenters. The van der Waals surface area contributed by atoms with E-state index in [0.717, 1.165) is 12.1 Å². The Morgan fingerprint density at radius 3 is 2.36 bits per heavy atom. The maximum atomic E-state index is 13.9. The van der Waals surface area contributed by atoms with E-state index < -0.39 is 30.3 Å². The number of aromatic nitrogens is 2. The molecule has 1 heterocycles. The van der Waals surface area contributed by atoms with Gasteiger partial charge in [-0.25, -0.2) is 4.39 Å². The van der Waals surface area contributed by atoms with Crippen molar-refractivity contribution in [2.24, 2.45) is 5.73 Å². The Hall–Kier alpha value is -1.94. The van der Waals surface area contributed by atoms with Crippen molar-refractivity contribution < 1.29 is 31.1 Å². The van der Waals surface area contributed by atoms with Crippen molar-refractivity contribution in [2.75, 3.05) is 13.2 Å². The fourth-order valence-corrected chi connectivity index (χ4v) is 1.81. The molecule has 0 aliphatic heterocycles. The molecule has 0 saturated heterocycles. The van der Waals surface area contributed by atoms with Gasteiger partial charge in [0.25, 0.3) is 0 Å². The summed E-state index contributed by atoms with van der Waals surface area (Å²) < 4.78 is 81.4. The van der Waals surface area contributed by atoms with Gasteiger partial charge >= 0.3 is 12.1 Å². The highest BCUT2D eigenvalue weighted by molar-refractivity contribution is 5.85. The summed E-state index contributed by atoms with van der Waals surface area (Å²) in [5, 5.41) is 3.99. The molecule has 2 rings (SSSR count). The van der Waals surface area contributed by atoms with Crippen LogP contribution in [0.3, 0.4) is 0 Å². The Labute approximate surface area is 145 Å². The Balaban J connectivity index is 0.00000312. The van der Waals surface area contributed by atoms with Gasteiger partial charge < -0.3 is 10.5 Å². The number of nitrogens with zero attached hydrogens (tertiary/aromatic N) is 2. The van der Waals surface area contributed by atoms with Gasteiger partial charge in [-0.3, -0.25) is 4.68 Å². The molecule has 0 fully saturated rings. The van der Waals surface area contributed by atoms with E-state index in [2.05, 4.69) is 9.84 Å². The molecule has 0 radical (unpaired) electrons. The van der Waals surface area contributed by atoms with Gasteiger partial charge in [-0.2, -0.15) is 27.1 Å². The zero-order chi connectivity index (χ0) is 18.0. The van der Waals surface area contributed by atoms with E-state index in [4.69, 9.17) is 5.73 Å². The number of benzene rings is 1. The molecule has 4 nitrogen and oxygen atoms in total. The number of hydrogen-bond donors (Lipinski definition) is 1. The van der Waals surface area contributed by atoms with Crippen LogP contribution in [0.5, 0.6) is 5.75 Å². The normalized spacial score (nSPS) is 12.0. The Kier molecular flexibility index (Phi) is 6.72. The first-order valence-corrected chi connectivity index (χ1v) is 6.74. The van der Waals surface area contributed by atoms with Gasteiger partial charge in [0.2, 0.25) is 0 Å². The van der Waals surface area contributed by atoms with E-state index in [0.29, 0.717) is 24.2 Å². The van der Waals surface area contributed by atoms with E-state index in [1.807, 2.05) is 0 Å². The molecule has 11 heteroatoms. The van der Waals surface area contributed by atoms with Gasteiger partial charge in [-0.1, -0.05) is 6.07 Å². The van der Waals surface area contributed by atoms with Crippen molar-refractivity contribution in [2.45, 2.75) is 18.6 Å². The van der Waals surface area contributed by atoms with Crippen molar-refractivity contribution >= 4 is 12.4 Å². The number of ether oxygens (including phenoxy) is 1. The maximum absolute atomic E-state index is 13.9. The number of halogens is 7. The second-order valence-corrected chi connectivity index (χ2v) is 4.92. The van der Waals surface area contributed by atoms with Gasteiger partial charge in [0, 0.05) is 18.3 Å². The van der Waals surface area contributed by atoms with Crippen molar-refractivity contribution in [3.8, 4) is 16.9 Å². The number of hydrogen-bond acceptors (Lipinski definition) is 3. The van der Waals surface area contributed by atoms with Gasteiger partial charge in [0.05, 0.1) is 12.7 Å². The molecule has 0 atom stereocenters. The van der Waals surface area contributed by atoms with Crippen LogP contribution in [0.15, 0.2) is 30.6 Å². The zero-order valence-electron chi connectivity index (χ0n) is 12.6. The third-order valence-electron chi connectivity index (χ3n) is 3.08. The molecule has 25 heavy (non-hydrogen) atoms. The van der Waals surface area contributed by atoms with Gasteiger partial charge in [-0.15, -0.1) is 12.4 Å². The molecule has 0 aliphatic rings. The van der Waals surface area contributed by atoms with Crippen molar-refractivity contribution in [1.29, 1.82) is 0 Å². The number of alkyl halides is 5. The lowest BCUT2D eigenvalue weighted by atomic mass is 10.1. The van der Waals surface area contributed by atoms with Crippen LogP contribution in [0.2, 0.25) is 0 Å². The van der Waals surface area contributed by atoms with E-state index in [-0.39, 0.29) is 12.4 Å². The molecule has 0 saturated carbocycles. The largest absolute Gasteiger partial charge is 0.484 e. The summed E-state index contributed by atoms with van der Waals surface area (Å²) in [4.78, 5) is 0. The molecule has 0 aliphatic carbocycles. The molecular formula is C14H14ClF6N3O. The summed E-state index contributed by atoms with van der Waals surface area (Å²) in [6.07, 6.45) is -2.72. The summed E-state index contributed by atoms with van der Waals surface area (Å²) in [5.41, 5.74) is 6.28. The van der Waals surface area contributed by atoms with Crippen molar-refractivity contribution in [3.63, 3.8) is 0 Å². The fraction of sp³-hybridized carbons (Fsp3) is 0.357. The van der Waals surface area contributed by atoms with Crippen LogP contribution in [0.25, 0.3) is 11.1 Å². The highest BCUT2D eigenvalue weighted by Gasteiger charge is 2.58. The molecule has 2 aromatic rings. The zero-order valence-corrected chi connectivity index (χ0v) is 13.4. The van der Waals surface area contributed by atoms with Crippen LogP contribution in [0, 0.1) is 5.82 Å². The molecule has 0 spiro atoms. The second-order valence-electron chi connectivity index (χ2n) is 4.92. The number of rotatable bonds is 6. The molecule has 1 aromatic heterocycles. The summed E-state index contributed by atoms with van der Waals surface area (Å²) in [5.74, 6) is -6.82. The van der Waals surface area contributed by atoms with Gasteiger partial charge in [0.1, 0.15) is 0 Å². The third kappa shape index (κ3) is 5.02. The lowest BCUT2D eigenvalue weighted by molar-refractivity contribution is -0.290. The van der Waals surface area contributed by atoms with E-state index >= 15 is 0 Å². The minimum absolute atomic E-state index is 0. The summed E-state index contributed by atoms with van der Waals surface area (Å²) in [6.45, 7) is -1.19. The Bertz CT molecular complexity index is 704. The highest BCUT2D eigenvalue weighted by Crippen LogP contribution is 2.36. The molecular weight excluding hydrogens is 376 g/mol. The van der Waals surface area contributed by atoms with E-state index in [1.165, 1.54) is 16.9 Å². The topological polar surface area (TPSA) is 53.1 Å². The van der Waals surface area contributed by atoms with Crippen molar-refractivity contribution in [1.82, 2.24) is 9.78 Å². The van der Waals surface area contributed by atoms with Crippen LogP contribution in [-0.2, 0) is 6.54 Å². The summed E-state index contributed by atoms with van der Waals surface area (Å²) in [7, 11) is 0. The van der Waals surface area contributed by atoms with E-state index in [1.54, 1.807) is 6.20 Å². The number of nitrogens with two attached hydrogens (primary N) is 1. The predicted molar refractivity (Wildman–Crippen MR) is 80.4 cm³/mol. The summed E-state index contributed by atoms with van der Waals surface area (Å²) >= 11 is 0. The van der Waals surface area contributed by atoms with Crippen LogP contribution in [-0.4, -0.2) is 35.0 Å². The van der Waals surface area contributed by atoms with E-state index in [9.17, 15) is 26.3 Å². The molecule has 140 valence electrons. The lowest BCUT2D eigenvalue weighted by Crippen LogP contribution is -2.41. The van der Waals surface area contributed by atoms with Crippen LogP contribution < -0.4 is 10.5 Å². The van der Waals surface area contributed by atoms with Gasteiger partial charge in [-0.05, 0) is 17.7 Å². The first-order chi connectivity index (χ1) is 11.1. The SMILES string of the molecule is Cl.NCCn1cc(-c2ccc(OCC(F)(F)C(F)(F)F)c(F)c2)cn1. The molecule has 2 N–H and O–H groups in total. The average molecular weight is 390 g/mol. The monoisotopic (exact) mass is 389 g/mol. The fourth-order valence-electron chi connectivity index (χ4n) is 1.81.